The first-order valence-electron chi connectivity index (χ1n) is 9.80. The summed E-state index contributed by atoms with van der Waals surface area (Å²) in [5, 5.41) is 0.609. The van der Waals surface area contributed by atoms with Gasteiger partial charge in [0.05, 0.1) is 18.3 Å². The van der Waals surface area contributed by atoms with Crippen LogP contribution < -0.4 is 10.5 Å². The van der Waals surface area contributed by atoms with Crippen LogP contribution in [0.15, 0.2) is 65.7 Å². The van der Waals surface area contributed by atoms with Gasteiger partial charge in [-0.15, -0.1) is 11.3 Å². The second kappa shape index (κ2) is 8.24. The molecule has 30 heavy (non-hydrogen) atoms. The highest BCUT2D eigenvalue weighted by Crippen LogP contribution is 2.25. The summed E-state index contributed by atoms with van der Waals surface area (Å²) in [6.45, 7) is 6.29. The predicted molar refractivity (Wildman–Crippen MR) is 122 cm³/mol. The monoisotopic (exact) mass is 417 g/mol. The van der Waals surface area contributed by atoms with Crippen LogP contribution in [-0.4, -0.2) is 15.5 Å². The van der Waals surface area contributed by atoms with E-state index in [9.17, 15) is 9.59 Å². The number of carbonyl (C=O) groups excluding carboxylic acids is 1. The van der Waals surface area contributed by atoms with Crippen molar-refractivity contribution in [2.75, 3.05) is 4.90 Å². The maximum Gasteiger partial charge on any atom is 0.262 e. The van der Waals surface area contributed by atoms with E-state index in [2.05, 4.69) is 4.98 Å². The van der Waals surface area contributed by atoms with E-state index in [1.807, 2.05) is 75.4 Å². The van der Waals surface area contributed by atoms with Crippen LogP contribution in [0.5, 0.6) is 0 Å². The van der Waals surface area contributed by atoms with Crippen LogP contribution in [0.2, 0.25) is 0 Å². The number of anilines is 1. The van der Waals surface area contributed by atoms with Crippen molar-refractivity contribution < 1.29 is 4.79 Å². The van der Waals surface area contributed by atoms with E-state index in [0.717, 1.165) is 32.1 Å². The molecule has 5 nitrogen and oxygen atoms in total. The van der Waals surface area contributed by atoms with Gasteiger partial charge in [-0.2, -0.15) is 0 Å². The molecule has 2 aromatic heterocycles. The van der Waals surface area contributed by atoms with Gasteiger partial charge in [-0.3, -0.25) is 14.2 Å². The van der Waals surface area contributed by atoms with Gasteiger partial charge in [0.15, 0.2) is 0 Å². The number of thiophene rings is 1. The topological polar surface area (TPSA) is 55.2 Å². The summed E-state index contributed by atoms with van der Waals surface area (Å²) >= 11 is 1.51. The number of benzene rings is 2. The highest BCUT2D eigenvalue weighted by atomic mass is 32.1. The molecular weight excluding hydrogens is 394 g/mol. The summed E-state index contributed by atoms with van der Waals surface area (Å²) in [6.07, 6.45) is 1.48. The highest BCUT2D eigenvalue weighted by molar-refractivity contribution is 7.18. The molecule has 4 rings (SSSR count). The number of hydrogen-bond donors (Lipinski definition) is 0. The van der Waals surface area contributed by atoms with E-state index >= 15 is 0 Å². The average molecular weight is 418 g/mol. The molecular formula is C24H23N3O2S. The van der Waals surface area contributed by atoms with Gasteiger partial charge in [-0.05, 0) is 49.6 Å². The van der Waals surface area contributed by atoms with Gasteiger partial charge in [-0.1, -0.05) is 42.5 Å². The number of aryl methyl sites for hydroxylation is 3. The van der Waals surface area contributed by atoms with E-state index in [1.165, 1.54) is 22.2 Å². The van der Waals surface area contributed by atoms with Crippen LogP contribution in [-0.2, 0) is 17.9 Å². The number of rotatable bonds is 5. The molecule has 2 heterocycles. The maximum atomic E-state index is 13.3. The second-order valence-electron chi connectivity index (χ2n) is 7.45. The Bertz CT molecular complexity index is 1270. The number of amides is 1. The molecule has 0 atom stereocenters. The van der Waals surface area contributed by atoms with Crippen molar-refractivity contribution in [2.24, 2.45) is 0 Å². The van der Waals surface area contributed by atoms with E-state index in [1.54, 1.807) is 4.90 Å². The molecule has 152 valence electrons. The van der Waals surface area contributed by atoms with Gasteiger partial charge in [0.25, 0.3) is 5.56 Å². The summed E-state index contributed by atoms with van der Waals surface area (Å²) in [4.78, 5) is 34.3. The Morgan fingerprint density at radius 2 is 1.83 bits per heavy atom. The molecule has 0 aliphatic rings. The van der Waals surface area contributed by atoms with Crippen molar-refractivity contribution in [3.05, 3.63) is 92.8 Å². The molecule has 1 amide bonds. The molecule has 2 aromatic carbocycles. The van der Waals surface area contributed by atoms with Gasteiger partial charge >= 0.3 is 0 Å². The van der Waals surface area contributed by atoms with Gasteiger partial charge in [0.1, 0.15) is 11.4 Å². The lowest BCUT2D eigenvalue weighted by Crippen LogP contribution is -2.36. The normalized spacial score (nSPS) is 11.0. The van der Waals surface area contributed by atoms with Crippen molar-refractivity contribution in [2.45, 2.75) is 33.9 Å². The molecule has 0 unspecified atom stereocenters. The lowest BCUT2D eigenvalue weighted by Gasteiger charge is -2.24. The van der Waals surface area contributed by atoms with Gasteiger partial charge in [0, 0.05) is 10.6 Å². The van der Waals surface area contributed by atoms with Gasteiger partial charge in [-0.25, -0.2) is 4.98 Å². The summed E-state index contributed by atoms with van der Waals surface area (Å²) < 4.78 is 1.41. The fourth-order valence-electron chi connectivity index (χ4n) is 3.50. The Kier molecular flexibility index (Phi) is 5.50. The standard InChI is InChI=1S/C24H23N3O2S/c1-16-8-7-11-20(12-16)27(13-19-9-5-4-6-10-19)21(28)14-26-15-25-23-22(24(26)29)17(2)18(3)30-23/h4-12,15H,13-14H2,1-3H3. The zero-order chi connectivity index (χ0) is 21.3. The molecule has 0 aliphatic heterocycles. The predicted octanol–water partition coefficient (Wildman–Crippen LogP) is 4.62. The summed E-state index contributed by atoms with van der Waals surface area (Å²) in [7, 11) is 0. The second-order valence-corrected chi connectivity index (χ2v) is 8.65. The number of fused-ring (bicyclic) bond motifs is 1. The van der Waals surface area contributed by atoms with Crippen LogP contribution in [0.4, 0.5) is 5.69 Å². The number of carbonyl (C=O) groups is 1. The zero-order valence-electron chi connectivity index (χ0n) is 17.3. The van der Waals surface area contributed by atoms with Gasteiger partial charge < -0.3 is 4.90 Å². The molecule has 0 N–H and O–H groups in total. The SMILES string of the molecule is Cc1cccc(N(Cc2ccccc2)C(=O)Cn2cnc3sc(C)c(C)c3c2=O)c1. The summed E-state index contributed by atoms with van der Waals surface area (Å²) in [6, 6.07) is 17.7. The molecule has 0 bridgehead atoms. The summed E-state index contributed by atoms with van der Waals surface area (Å²) in [5.74, 6) is -0.155. The van der Waals surface area contributed by atoms with Crippen LogP contribution in [0, 0.1) is 20.8 Å². The minimum absolute atomic E-state index is 0.0586. The molecule has 0 aliphatic carbocycles. The largest absolute Gasteiger partial charge is 0.306 e. The summed E-state index contributed by atoms with van der Waals surface area (Å²) in [5.41, 5.74) is 3.68. The Morgan fingerprint density at radius 1 is 1.07 bits per heavy atom. The molecule has 0 spiro atoms. The third-order valence-corrected chi connectivity index (χ3v) is 6.37. The van der Waals surface area contributed by atoms with Crippen molar-refractivity contribution in [1.29, 1.82) is 0 Å². The van der Waals surface area contributed by atoms with E-state index < -0.39 is 0 Å². The van der Waals surface area contributed by atoms with Crippen LogP contribution in [0.1, 0.15) is 21.6 Å². The third kappa shape index (κ3) is 3.91. The van der Waals surface area contributed by atoms with Crippen molar-refractivity contribution in [3.8, 4) is 0 Å². The fraction of sp³-hybridized carbons (Fsp3) is 0.208. The van der Waals surface area contributed by atoms with Crippen LogP contribution in [0.25, 0.3) is 10.2 Å². The Balaban J connectivity index is 1.70. The van der Waals surface area contributed by atoms with Crippen LogP contribution in [0.3, 0.4) is 0 Å². The van der Waals surface area contributed by atoms with Crippen molar-refractivity contribution >= 4 is 33.1 Å². The highest BCUT2D eigenvalue weighted by Gasteiger charge is 2.19. The lowest BCUT2D eigenvalue weighted by molar-refractivity contribution is -0.119. The Morgan fingerprint density at radius 3 is 2.57 bits per heavy atom. The fourth-order valence-corrected chi connectivity index (χ4v) is 4.49. The minimum Gasteiger partial charge on any atom is -0.306 e. The number of hydrogen-bond acceptors (Lipinski definition) is 4. The minimum atomic E-state index is -0.167. The maximum absolute atomic E-state index is 13.3. The van der Waals surface area contributed by atoms with Crippen LogP contribution >= 0.6 is 11.3 Å². The molecule has 0 radical (unpaired) electrons. The average Bonchev–Trinajstić information content (AvgIpc) is 3.03. The van der Waals surface area contributed by atoms with Crippen molar-refractivity contribution in [3.63, 3.8) is 0 Å². The van der Waals surface area contributed by atoms with Crippen molar-refractivity contribution in [1.82, 2.24) is 9.55 Å². The van der Waals surface area contributed by atoms with E-state index in [4.69, 9.17) is 0 Å². The first kappa shape index (κ1) is 20.0. The quantitative estimate of drug-likeness (QED) is 0.476. The third-order valence-electron chi connectivity index (χ3n) is 5.26. The number of nitrogens with zero attached hydrogens (tertiary/aromatic N) is 3. The van der Waals surface area contributed by atoms with E-state index in [0.29, 0.717) is 11.9 Å². The number of aromatic nitrogens is 2. The lowest BCUT2D eigenvalue weighted by atomic mass is 10.1. The molecule has 0 saturated heterocycles. The molecule has 6 heteroatoms. The van der Waals surface area contributed by atoms with Gasteiger partial charge in [0.2, 0.25) is 5.91 Å². The van der Waals surface area contributed by atoms with E-state index in [-0.39, 0.29) is 18.0 Å². The first-order chi connectivity index (χ1) is 14.4. The molecule has 4 aromatic rings. The Labute approximate surface area is 179 Å². The molecule has 0 fully saturated rings. The smallest absolute Gasteiger partial charge is 0.262 e. The molecule has 0 saturated carbocycles. The first-order valence-corrected chi connectivity index (χ1v) is 10.6. The Hall–Kier alpha value is -3.25. The zero-order valence-corrected chi connectivity index (χ0v) is 18.1.